The van der Waals surface area contributed by atoms with E-state index in [2.05, 4.69) is 0 Å². The predicted molar refractivity (Wildman–Crippen MR) is 70.6 cm³/mol. The van der Waals surface area contributed by atoms with E-state index in [-0.39, 0.29) is 5.60 Å². The second-order valence-electron chi connectivity index (χ2n) is 5.92. The number of benzene rings is 1. The molecule has 3 rings (SSSR count). The lowest BCUT2D eigenvalue weighted by molar-refractivity contribution is -0.148. The van der Waals surface area contributed by atoms with Crippen molar-refractivity contribution in [3.63, 3.8) is 0 Å². The molecule has 0 aromatic heterocycles. The summed E-state index contributed by atoms with van der Waals surface area (Å²) >= 11 is 0. The van der Waals surface area contributed by atoms with Crippen LogP contribution in [0.4, 0.5) is 0 Å². The van der Waals surface area contributed by atoms with Crippen molar-refractivity contribution >= 4 is 0 Å². The minimum atomic E-state index is -0.850. The number of fused-ring (bicyclic) bond motifs is 1. The lowest BCUT2D eigenvalue weighted by Gasteiger charge is -2.42. The van der Waals surface area contributed by atoms with Crippen LogP contribution >= 0.6 is 0 Å². The first-order valence-electron chi connectivity index (χ1n) is 6.75. The van der Waals surface area contributed by atoms with E-state index in [1.807, 2.05) is 32.0 Å². The smallest absolute Gasteiger partial charge is 0.161 e. The van der Waals surface area contributed by atoms with Crippen LogP contribution in [0, 0.1) is 0 Å². The van der Waals surface area contributed by atoms with E-state index in [1.165, 1.54) is 0 Å². The minimum absolute atomic E-state index is 0.305. The van der Waals surface area contributed by atoms with Gasteiger partial charge in [-0.1, -0.05) is 6.07 Å². The summed E-state index contributed by atoms with van der Waals surface area (Å²) in [4.78, 5) is 0. The molecule has 1 fully saturated rings. The first-order valence-corrected chi connectivity index (χ1v) is 6.75. The van der Waals surface area contributed by atoms with Crippen LogP contribution in [0.3, 0.4) is 0 Å². The summed E-state index contributed by atoms with van der Waals surface area (Å²) in [5, 5.41) is 10.9. The van der Waals surface area contributed by atoms with E-state index >= 15 is 0 Å². The van der Waals surface area contributed by atoms with Crippen LogP contribution < -0.4 is 9.47 Å². The van der Waals surface area contributed by atoms with E-state index in [9.17, 15) is 5.11 Å². The van der Waals surface area contributed by atoms with Crippen LogP contribution in [0.1, 0.15) is 32.3 Å². The van der Waals surface area contributed by atoms with Gasteiger partial charge in [0.05, 0.1) is 17.8 Å². The van der Waals surface area contributed by atoms with E-state index in [4.69, 9.17) is 14.2 Å². The van der Waals surface area contributed by atoms with Gasteiger partial charge in [0, 0.05) is 12.8 Å². The van der Waals surface area contributed by atoms with E-state index in [1.54, 1.807) is 0 Å². The summed E-state index contributed by atoms with van der Waals surface area (Å²) in [5.74, 6) is 1.48. The molecular formula is C15H20O4. The fraction of sp³-hybridized carbons (Fsp3) is 0.600. The highest BCUT2D eigenvalue weighted by Gasteiger charge is 2.41. The number of hydrogen-bond acceptors (Lipinski definition) is 4. The number of rotatable bonds is 1. The van der Waals surface area contributed by atoms with Gasteiger partial charge in [-0.25, -0.2) is 0 Å². The lowest BCUT2D eigenvalue weighted by atomic mass is 9.79. The van der Waals surface area contributed by atoms with Gasteiger partial charge in [0.2, 0.25) is 0 Å². The molecule has 19 heavy (non-hydrogen) atoms. The highest BCUT2D eigenvalue weighted by atomic mass is 16.6. The van der Waals surface area contributed by atoms with Gasteiger partial charge in [-0.3, -0.25) is 0 Å². The zero-order chi connectivity index (χ0) is 13.5. The van der Waals surface area contributed by atoms with Crippen LogP contribution in [-0.2, 0) is 10.3 Å². The molecule has 104 valence electrons. The van der Waals surface area contributed by atoms with Crippen molar-refractivity contribution < 1.29 is 19.3 Å². The third-order valence-electron chi connectivity index (χ3n) is 3.81. The van der Waals surface area contributed by atoms with Crippen molar-refractivity contribution in [2.45, 2.75) is 37.9 Å². The van der Waals surface area contributed by atoms with Crippen molar-refractivity contribution in [1.29, 1.82) is 0 Å². The maximum atomic E-state index is 10.9. The molecule has 0 radical (unpaired) electrons. The Hall–Kier alpha value is -1.26. The quantitative estimate of drug-likeness (QED) is 0.845. The molecule has 1 atom stereocenters. The topological polar surface area (TPSA) is 47.9 Å². The molecule has 0 saturated carbocycles. The van der Waals surface area contributed by atoms with Crippen molar-refractivity contribution in [3.8, 4) is 11.5 Å². The van der Waals surface area contributed by atoms with Crippen LogP contribution in [0.25, 0.3) is 0 Å². The Morgan fingerprint density at radius 1 is 1.05 bits per heavy atom. The molecule has 1 aromatic carbocycles. The first-order chi connectivity index (χ1) is 8.99. The molecule has 4 heteroatoms. The maximum Gasteiger partial charge on any atom is 0.161 e. The second-order valence-corrected chi connectivity index (χ2v) is 5.92. The lowest BCUT2D eigenvalue weighted by Crippen LogP contribution is -2.43. The molecule has 1 N–H and O–H groups in total. The Morgan fingerprint density at radius 3 is 2.53 bits per heavy atom. The first kappa shape index (κ1) is 12.8. The normalized spacial score (nSPS) is 29.0. The van der Waals surface area contributed by atoms with Crippen molar-refractivity contribution in [3.05, 3.63) is 23.8 Å². The summed E-state index contributed by atoms with van der Waals surface area (Å²) in [7, 11) is 0. The molecular weight excluding hydrogens is 244 g/mol. The van der Waals surface area contributed by atoms with Gasteiger partial charge in [-0.15, -0.1) is 0 Å². The van der Waals surface area contributed by atoms with Gasteiger partial charge < -0.3 is 19.3 Å². The third-order valence-corrected chi connectivity index (χ3v) is 3.81. The van der Waals surface area contributed by atoms with Crippen molar-refractivity contribution in [1.82, 2.24) is 0 Å². The zero-order valence-corrected chi connectivity index (χ0v) is 11.4. The average molecular weight is 264 g/mol. The van der Waals surface area contributed by atoms with Crippen LogP contribution in [-0.4, -0.2) is 30.5 Å². The molecule has 0 aliphatic carbocycles. The SMILES string of the molecule is CC1(C)CC(O)(c2ccc3c(c2)OCCO3)CCO1. The summed E-state index contributed by atoms with van der Waals surface area (Å²) in [5.41, 5.74) is -0.272. The molecule has 1 aromatic rings. The molecule has 1 saturated heterocycles. The number of aliphatic hydroxyl groups is 1. The predicted octanol–water partition coefficient (Wildman–Crippen LogP) is 2.23. The second kappa shape index (κ2) is 4.39. The van der Waals surface area contributed by atoms with Crippen LogP contribution in [0.15, 0.2) is 18.2 Å². The molecule has 2 heterocycles. The Kier molecular flexibility index (Phi) is 2.95. The Morgan fingerprint density at radius 2 is 1.79 bits per heavy atom. The van der Waals surface area contributed by atoms with Crippen molar-refractivity contribution in [2.24, 2.45) is 0 Å². The fourth-order valence-corrected chi connectivity index (χ4v) is 2.92. The zero-order valence-electron chi connectivity index (χ0n) is 11.4. The van der Waals surface area contributed by atoms with Crippen LogP contribution in [0.2, 0.25) is 0 Å². The Labute approximate surface area is 113 Å². The van der Waals surface area contributed by atoms with Gasteiger partial charge >= 0.3 is 0 Å². The summed E-state index contributed by atoms with van der Waals surface area (Å²) in [6, 6.07) is 5.70. The Bertz CT molecular complexity index is 483. The highest BCUT2D eigenvalue weighted by Crippen LogP contribution is 2.42. The number of hydrogen-bond donors (Lipinski definition) is 1. The van der Waals surface area contributed by atoms with Gasteiger partial charge in [0.15, 0.2) is 11.5 Å². The van der Waals surface area contributed by atoms with E-state index in [0.717, 1.165) is 17.1 Å². The molecule has 4 nitrogen and oxygen atoms in total. The average Bonchev–Trinajstić information content (AvgIpc) is 2.36. The van der Waals surface area contributed by atoms with Gasteiger partial charge in [0.25, 0.3) is 0 Å². The molecule has 1 unspecified atom stereocenters. The van der Waals surface area contributed by atoms with Gasteiger partial charge in [0.1, 0.15) is 13.2 Å². The van der Waals surface area contributed by atoms with Gasteiger partial charge in [-0.05, 0) is 31.5 Å². The highest BCUT2D eigenvalue weighted by molar-refractivity contribution is 5.45. The molecule has 0 spiro atoms. The van der Waals surface area contributed by atoms with Gasteiger partial charge in [-0.2, -0.15) is 0 Å². The Balaban J connectivity index is 1.92. The van der Waals surface area contributed by atoms with E-state index < -0.39 is 5.60 Å². The summed E-state index contributed by atoms with van der Waals surface area (Å²) < 4.78 is 16.8. The van der Waals surface area contributed by atoms with Crippen LogP contribution in [0.5, 0.6) is 11.5 Å². The maximum absolute atomic E-state index is 10.9. The van der Waals surface area contributed by atoms with Crippen molar-refractivity contribution in [2.75, 3.05) is 19.8 Å². The third kappa shape index (κ3) is 2.42. The largest absolute Gasteiger partial charge is 0.486 e. The molecule has 2 aliphatic rings. The monoisotopic (exact) mass is 264 g/mol. The minimum Gasteiger partial charge on any atom is -0.486 e. The summed E-state index contributed by atoms with van der Waals surface area (Å²) in [6.07, 6.45) is 1.19. The fourth-order valence-electron chi connectivity index (χ4n) is 2.92. The molecule has 2 aliphatic heterocycles. The number of ether oxygens (including phenoxy) is 3. The standard InChI is InChI=1S/C15H20O4/c1-14(2)10-15(16,5-6-19-14)11-3-4-12-13(9-11)18-8-7-17-12/h3-4,9,16H,5-8,10H2,1-2H3. The summed E-state index contributed by atoms with van der Waals surface area (Å²) in [6.45, 7) is 5.73. The molecule has 0 amide bonds. The molecule has 0 bridgehead atoms. The van der Waals surface area contributed by atoms with E-state index in [0.29, 0.717) is 32.7 Å².